The topological polar surface area (TPSA) is 60.8 Å². The Hall–Kier alpha value is -2.27. The van der Waals surface area contributed by atoms with Gasteiger partial charge in [-0.2, -0.15) is 0 Å². The van der Waals surface area contributed by atoms with Gasteiger partial charge in [-0.3, -0.25) is 4.98 Å². The first-order valence-electron chi connectivity index (χ1n) is 6.56. The van der Waals surface area contributed by atoms with Crippen LogP contribution >= 0.6 is 0 Å². The molecule has 0 amide bonds. The summed E-state index contributed by atoms with van der Waals surface area (Å²) in [5.41, 5.74) is 1.66. The molecule has 0 fully saturated rings. The third kappa shape index (κ3) is 3.44. The van der Waals surface area contributed by atoms with Gasteiger partial charge in [0.15, 0.2) is 11.5 Å². The number of ether oxygens (including phenoxy) is 3. The molecule has 0 aliphatic carbocycles. The van der Waals surface area contributed by atoms with E-state index in [0.717, 1.165) is 5.56 Å². The van der Waals surface area contributed by atoms with Crippen molar-refractivity contribution in [2.75, 3.05) is 21.3 Å². The second-order valence-electron chi connectivity index (χ2n) is 4.54. The number of methoxy groups -OCH3 is 3. The monoisotopic (exact) mass is 289 g/mol. The van der Waals surface area contributed by atoms with E-state index in [0.29, 0.717) is 29.2 Å². The number of hydrogen-bond donors (Lipinski definition) is 1. The highest BCUT2D eigenvalue weighted by Gasteiger charge is 2.17. The van der Waals surface area contributed by atoms with Crippen molar-refractivity contribution in [3.8, 4) is 17.2 Å². The number of aromatic nitrogens is 1. The third-order valence-corrected chi connectivity index (χ3v) is 3.22. The zero-order valence-corrected chi connectivity index (χ0v) is 12.4. The van der Waals surface area contributed by atoms with Crippen LogP contribution in [0.4, 0.5) is 0 Å². The van der Waals surface area contributed by atoms with Crippen LogP contribution in [0, 0.1) is 0 Å². The average Bonchev–Trinajstić information content (AvgIpc) is 2.54. The molecule has 0 aliphatic heterocycles. The molecule has 0 aliphatic rings. The molecule has 0 spiro atoms. The van der Waals surface area contributed by atoms with Gasteiger partial charge in [-0.05, 0) is 29.3 Å². The minimum Gasteiger partial charge on any atom is -0.493 e. The fourth-order valence-electron chi connectivity index (χ4n) is 2.15. The number of aliphatic hydroxyl groups is 1. The summed E-state index contributed by atoms with van der Waals surface area (Å²) in [6.45, 7) is 0. The van der Waals surface area contributed by atoms with Gasteiger partial charge in [0, 0.05) is 18.8 Å². The van der Waals surface area contributed by atoms with Gasteiger partial charge in [0.2, 0.25) is 5.75 Å². The summed E-state index contributed by atoms with van der Waals surface area (Å²) in [5, 5.41) is 10.4. The Morgan fingerprint density at radius 1 is 1.10 bits per heavy atom. The van der Waals surface area contributed by atoms with Crippen molar-refractivity contribution in [1.29, 1.82) is 0 Å². The molecule has 1 heterocycles. The van der Waals surface area contributed by atoms with Crippen molar-refractivity contribution in [2.45, 2.75) is 12.5 Å². The minimum absolute atomic E-state index is 0.465. The fourth-order valence-corrected chi connectivity index (χ4v) is 2.15. The first kappa shape index (κ1) is 15.1. The Bertz CT molecular complexity index is 561. The molecule has 2 rings (SSSR count). The number of rotatable bonds is 6. The molecule has 21 heavy (non-hydrogen) atoms. The van der Waals surface area contributed by atoms with Crippen LogP contribution in [-0.4, -0.2) is 31.4 Å². The molecule has 1 aromatic heterocycles. The van der Waals surface area contributed by atoms with Gasteiger partial charge in [-0.1, -0.05) is 6.07 Å². The Morgan fingerprint density at radius 2 is 1.76 bits per heavy atom. The highest BCUT2D eigenvalue weighted by Crippen LogP contribution is 2.40. The highest BCUT2D eigenvalue weighted by molar-refractivity contribution is 5.54. The van der Waals surface area contributed by atoms with E-state index in [1.54, 1.807) is 45.9 Å². The SMILES string of the molecule is COc1cc(C(O)Cc2cccnc2)cc(OC)c1OC. The Labute approximate surface area is 124 Å². The van der Waals surface area contributed by atoms with Crippen LogP contribution in [0.15, 0.2) is 36.7 Å². The molecule has 5 nitrogen and oxygen atoms in total. The zero-order chi connectivity index (χ0) is 15.2. The third-order valence-electron chi connectivity index (χ3n) is 3.22. The molecule has 112 valence electrons. The van der Waals surface area contributed by atoms with Crippen molar-refractivity contribution in [3.05, 3.63) is 47.8 Å². The summed E-state index contributed by atoms with van der Waals surface area (Å²) in [6, 6.07) is 7.27. The van der Waals surface area contributed by atoms with Crippen LogP contribution in [0.3, 0.4) is 0 Å². The normalized spacial score (nSPS) is 11.8. The number of benzene rings is 1. The molecule has 0 bridgehead atoms. The largest absolute Gasteiger partial charge is 0.493 e. The summed E-state index contributed by atoms with van der Waals surface area (Å²) >= 11 is 0. The second kappa shape index (κ2) is 6.95. The van der Waals surface area contributed by atoms with Crippen molar-refractivity contribution in [3.63, 3.8) is 0 Å². The van der Waals surface area contributed by atoms with Gasteiger partial charge in [-0.25, -0.2) is 0 Å². The lowest BCUT2D eigenvalue weighted by atomic mass is 10.0. The summed E-state index contributed by atoms with van der Waals surface area (Å²) < 4.78 is 15.9. The van der Waals surface area contributed by atoms with Crippen LogP contribution in [0.5, 0.6) is 17.2 Å². The van der Waals surface area contributed by atoms with E-state index in [1.807, 2.05) is 12.1 Å². The molecule has 0 saturated heterocycles. The summed E-state index contributed by atoms with van der Waals surface area (Å²) in [6.07, 6.45) is 3.23. The molecular formula is C16H19NO4. The van der Waals surface area contributed by atoms with Crippen LogP contribution in [0.25, 0.3) is 0 Å². The fraction of sp³-hybridized carbons (Fsp3) is 0.312. The van der Waals surface area contributed by atoms with Gasteiger partial charge in [0.05, 0.1) is 27.4 Å². The van der Waals surface area contributed by atoms with Crippen molar-refractivity contribution < 1.29 is 19.3 Å². The predicted molar refractivity (Wildman–Crippen MR) is 79.0 cm³/mol. The molecule has 1 N–H and O–H groups in total. The maximum Gasteiger partial charge on any atom is 0.203 e. The van der Waals surface area contributed by atoms with Crippen molar-refractivity contribution in [1.82, 2.24) is 4.98 Å². The van der Waals surface area contributed by atoms with Crippen molar-refractivity contribution in [2.24, 2.45) is 0 Å². The molecule has 5 heteroatoms. The molecular weight excluding hydrogens is 270 g/mol. The van der Waals surface area contributed by atoms with E-state index in [-0.39, 0.29) is 0 Å². The van der Waals surface area contributed by atoms with Crippen LogP contribution in [-0.2, 0) is 6.42 Å². The molecule has 1 unspecified atom stereocenters. The number of nitrogens with zero attached hydrogens (tertiary/aromatic N) is 1. The zero-order valence-electron chi connectivity index (χ0n) is 12.4. The highest BCUT2D eigenvalue weighted by atomic mass is 16.5. The Balaban J connectivity index is 2.30. The van der Waals surface area contributed by atoms with Crippen LogP contribution < -0.4 is 14.2 Å². The second-order valence-corrected chi connectivity index (χ2v) is 4.54. The van der Waals surface area contributed by atoms with Crippen molar-refractivity contribution >= 4 is 0 Å². The number of aliphatic hydroxyl groups excluding tert-OH is 1. The van der Waals surface area contributed by atoms with Gasteiger partial charge in [-0.15, -0.1) is 0 Å². The first-order valence-corrected chi connectivity index (χ1v) is 6.56. The van der Waals surface area contributed by atoms with E-state index < -0.39 is 6.10 Å². The van der Waals surface area contributed by atoms with Gasteiger partial charge < -0.3 is 19.3 Å². The maximum atomic E-state index is 10.4. The van der Waals surface area contributed by atoms with E-state index in [9.17, 15) is 5.11 Å². The average molecular weight is 289 g/mol. The quantitative estimate of drug-likeness (QED) is 0.884. The lowest BCUT2D eigenvalue weighted by molar-refractivity contribution is 0.177. The number of pyridine rings is 1. The van der Waals surface area contributed by atoms with Gasteiger partial charge >= 0.3 is 0 Å². The lowest BCUT2D eigenvalue weighted by Crippen LogP contribution is -2.04. The standard InChI is InChI=1S/C16H19NO4/c1-19-14-8-12(9-15(20-2)16(14)21-3)13(18)7-11-5-4-6-17-10-11/h4-6,8-10,13,18H,7H2,1-3H3. The smallest absolute Gasteiger partial charge is 0.203 e. The van der Waals surface area contributed by atoms with E-state index >= 15 is 0 Å². The predicted octanol–water partition coefficient (Wildman–Crippen LogP) is 2.38. The van der Waals surface area contributed by atoms with E-state index in [2.05, 4.69) is 4.98 Å². The molecule has 0 saturated carbocycles. The van der Waals surface area contributed by atoms with Gasteiger partial charge in [0.25, 0.3) is 0 Å². The Kier molecular flexibility index (Phi) is 5.00. The minimum atomic E-state index is -0.678. The summed E-state index contributed by atoms with van der Waals surface area (Å²) in [7, 11) is 4.65. The van der Waals surface area contributed by atoms with Crippen LogP contribution in [0.1, 0.15) is 17.2 Å². The molecule has 1 atom stereocenters. The summed E-state index contributed by atoms with van der Waals surface area (Å²) in [4.78, 5) is 4.05. The van der Waals surface area contributed by atoms with E-state index in [4.69, 9.17) is 14.2 Å². The van der Waals surface area contributed by atoms with Gasteiger partial charge in [0.1, 0.15) is 0 Å². The lowest BCUT2D eigenvalue weighted by Gasteiger charge is -2.17. The first-order chi connectivity index (χ1) is 10.2. The molecule has 1 aromatic carbocycles. The molecule has 2 aromatic rings. The Morgan fingerprint density at radius 3 is 2.24 bits per heavy atom. The summed E-state index contributed by atoms with van der Waals surface area (Å²) in [5.74, 6) is 1.56. The number of hydrogen-bond acceptors (Lipinski definition) is 5. The van der Waals surface area contributed by atoms with E-state index in [1.165, 1.54) is 0 Å². The van der Waals surface area contributed by atoms with Crippen LogP contribution in [0.2, 0.25) is 0 Å². The maximum absolute atomic E-state index is 10.4. The molecule has 0 radical (unpaired) electrons.